The van der Waals surface area contributed by atoms with E-state index in [4.69, 9.17) is 4.74 Å². The Bertz CT molecular complexity index is 1220. The molecule has 35 heavy (non-hydrogen) atoms. The third kappa shape index (κ3) is 6.03. The van der Waals surface area contributed by atoms with Gasteiger partial charge in [-0.15, -0.1) is 10.2 Å². The van der Waals surface area contributed by atoms with Crippen molar-refractivity contribution in [3.05, 3.63) is 47.2 Å². The highest BCUT2D eigenvalue weighted by Gasteiger charge is 2.25. The molecular formula is C24H28FN7O3. The SMILES string of the molecule is COc1cc(CNC(=O)c2cc(-c3nnn(CC4CCC(C(C)=O)CC4)n3)nc(C)n2)ccc1F. The number of ether oxygens (including phenoxy) is 1. The predicted octanol–water partition coefficient (Wildman–Crippen LogP) is 2.91. The quantitative estimate of drug-likeness (QED) is 0.521. The summed E-state index contributed by atoms with van der Waals surface area (Å²) in [6.45, 7) is 4.14. The van der Waals surface area contributed by atoms with Crippen molar-refractivity contribution in [2.45, 2.75) is 52.6 Å². The lowest BCUT2D eigenvalue weighted by atomic mass is 9.80. The van der Waals surface area contributed by atoms with Crippen LogP contribution in [0.25, 0.3) is 11.5 Å². The van der Waals surface area contributed by atoms with E-state index in [-0.39, 0.29) is 29.7 Å². The van der Waals surface area contributed by atoms with E-state index in [9.17, 15) is 14.0 Å². The maximum absolute atomic E-state index is 13.6. The van der Waals surface area contributed by atoms with Gasteiger partial charge in [0, 0.05) is 12.5 Å². The number of carbonyl (C=O) groups is 2. The van der Waals surface area contributed by atoms with Gasteiger partial charge < -0.3 is 10.1 Å². The first-order chi connectivity index (χ1) is 16.8. The van der Waals surface area contributed by atoms with Crippen molar-refractivity contribution < 1.29 is 18.7 Å². The zero-order valence-corrected chi connectivity index (χ0v) is 20.0. The summed E-state index contributed by atoms with van der Waals surface area (Å²) in [4.78, 5) is 34.4. The number of methoxy groups -OCH3 is 1. The summed E-state index contributed by atoms with van der Waals surface area (Å²) >= 11 is 0. The summed E-state index contributed by atoms with van der Waals surface area (Å²) in [5, 5.41) is 15.5. The zero-order valence-electron chi connectivity index (χ0n) is 20.0. The average molecular weight is 482 g/mol. The second-order valence-corrected chi connectivity index (χ2v) is 8.83. The highest BCUT2D eigenvalue weighted by Crippen LogP contribution is 2.30. The van der Waals surface area contributed by atoms with Crippen LogP contribution in [-0.4, -0.2) is 49.0 Å². The van der Waals surface area contributed by atoms with Crippen LogP contribution in [0.3, 0.4) is 0 Å². The summed E-state index contributed by atoms with van der Waals surface area (Å²) in [5.74, 6) is 0.771. The van der Waals surface area contributed by atoms with Crippen LogP contribution in [0.1, 0.15) is 54.5 Å². The minimum absolute atomic E-state index is 0.109. The van der Waals surface area contributed by atoms with Gasteiger partial charge in [-0.25, -0.2) is 14.4 Å². The Morgan fingerprint density at radius 2 is 1.94 bits per heavy atom. The molecule has 1 fully saturated rings. The van der Waals surface area contributed by atoms with Gasteiger partial charge in [0.1, 0.15) is 23.0 Å². The van der Waals surface area contributed by atoms with Gasteiger partial charge in [-0.1, -0.05) is 6.07 Å². The molecule has 1 N–H and O–H groups in total. The molecule has 1 aromatic carbocycles. The minimum atomic E-state index is -0.470. The second kappa shape index (κ2) is 10.7. The van der Waals surface area contributed by atoms with Crippen molar-refractivity contribution in [3.8, 4) is 17.3 Å². The number of aromatic nitrogens is 6. The molecule has 1 aliphatic carbocycles. The highest BCUT2D eigenvalue weighted by molar-refractivity contribution is 5.93. The third-order valence-electron chi connectivity index (χ3n) is 6.26. The number of hydrogen-bond acceptors (Lipinski definition) is 8. The van der Waals surface area contributed by atoms with E-state index in [2.05, 4.69) is 30.7 Å². The number of aryl methyl sites for hydroxylation is 1. The molecule has 4 rings (SSSR count). The molecule has 0 atom stereocenters. The molecule has 1 amide bonds. The number of nitrogens with one attached hydrogen (secondary N) is 1. The Morgan fingerprint density at radius 1 is 1.17 bits per heavy atom. The van der Waals surface area contributed by atoms with Crippen LogP contribution in [0.4, 0.5) is 4.39 Å². The van der Waals surface area contributed by atoms with Gasteiger partial charge in [0.25, 0.3) is 5.91 Å². The van der Waals surface area contributed by atoms with E-state index in [1.54, 1.807) is 24.7 Å². The van der Waals surface area contributed by atoms with Crippen LogP contribution in [0, 0.1) is 24.6 Å². The Labute approximate surface area is 202 Å². The lowest BCUT2D eigenvalue weighted by molar-refractivity contribution is -0.121. The van der Waals surface area contributed by atoms with Crippen LogP contribution in [0.2, 0.25) is 0 Å². The van der Waals surface area contributed by atoms with Gasteiger partial charge >= 0.3 is 0 Å². The summed E-state index contributed by atoms with van der Waals surface area (Å²) in [5.41, 5.74) is 1.25. The van der Waals surface area contributed by atoms with Crippen LogP contribution < -0.4 is 10.1 Å². The van der Waals surface area contributed by atoms with E-state index in [1.165, 1.54) is 25.3 Å². The lowest BCUT2D eigenvalue weighted by Gasteiger charge is -2.26. The molecule has 2 aromatic heterocycles. The predicted molar refractivity (Wildman–Crippen MR) is 124 cm³/mol. The maximum atomic E-state index is 13.6. The number of benzene rings is 1. The van der Waals surface area contributed by atoms with Crippen molar-refractivity contribution in [1.29, 1.82) is 0 Å². The Hall–Kier alpha value is -3.76. The molecule has 3 aromatic rings. The van der Waals surface area contributed by atoms with Gasteiger partial charge in [-0.05, 0) is 74.4 Å². The van der Waals surface area contributed by atoms with Crippen molar-refractivity contribution in [3.63, 3.8) is 0 Å². The van der Waals surface area contributed by atoms with Gasteiger partial charge in [0.05, 0.1) is 13.7 Å². The smallest absolute Gasteiger partial charge is 0.270 e. The number of ketones is 1. The Balaban J connectivity index is 1.40. The largest absolute Gasteiger partial charge is 0.494 e. The molecule has 0 unspecified atom stereocenters. The summed E-state index contributed by atoms with van der Waals surface area (Å²) in [6.07, 6.45) is 3.71. The average Bonchev–Trinajstić information content (AvgIpc) is 3.31. The number of nitrogens with zero attached hydrogens (tertiary/aromatic N) is 6. The number of Topliss-reactive ketones (excluding diaryl/α,β-unsaturated/α-hetero) is 1. The zero-order chi connectivity index (χ0) is 24.9. The van der Waals surface area contributed by atoms with Gasteiger partial charge in [-0.2, -0.15) is 4.80 Å². The highest BCUT2D eigenvalue weighted by atomic mass is 19.1. The molecule has 1 saturated carbocycles. The molecule has 0 saturated heterocycles. The molecule has 10 nitrogen and oxygen atoms in total. The third-order valence-corrected chi connectivity index (χ3v) is 6.26. The summed E-state index contributed by atoms with van der Waals surface area (Å²) < 4.78 is 18.6. The fourth-order valence-electron chi connectivity index (χ4n) is 4.29. The van der Waals surface area contributed by atoms with E-state index in [0.717, 1.165) is 25.7 Å². The number of halogens is 1. The van der Waals surface area contributed by atoms with Gasteiger partial charge in [0.2, 0.25) is 5.82 Å². The van der Waals surface area contributed by atoms with Crippen LogP contribution in [-0.2, 0) is 17.9 Å². The molecule has 0 radical (unpaired) electrons. The standard InChI is InChI=1S/C24H28FN7O3/c1-14(33)18-7-4-16(5-8-18)13-32-30-23(29-31-32)20-11-21(28-15(2)27-20)24(34)26-12-17-6-9-19(25)22(10-17)35-3/h6,9-11,16,18H,4-5,7-8,12-13H2,1-3H3,(H,26,34). The van der Waals surface area contributed by atoms with Crippen molar-refractivity contribution in [2.75, 3.05) is 7.11 Å². The molecule has 0 bridgehead atoms. The summed E-state index contributed by atoms with van der Waals surface area (Å²) in [7, 11) is 1.38. The Morgan fingerprint density at radius 3 is 2.66 bits per heavy atom. The molecule has 11 heteroatoms. The molecule has 184 valence electrons. The second-order valence-electron chi connectivity index (χ2n) is 8.83. The van der Waals surface area contributed by atoms with Crippen molar-refractivity contribution in [2.24, 2.45) is 11.8 Å². The first kappa shape index (κ1) is 24.4. The maximum Gasteiger partial charge on any atom is 0.270 e. The molecule has 0 spiro atoms. The van der Waals surface area contributed by atoms with E-state index < -0.39 is 11.7 Å². The van der Waals surface area contributed by atoms with Crippen molar-refractivity contribution >= 4 is 11.7 Å². The molecule has 2 heterocycles. The molecule has 1 aliphatic rings. The van der Waals surface area contributed by atoms with E-state index >= 15 is 0 Å². The number of amides is 1. The van der Waals surface area contributed by atoms with Crippen molar-refractivity contribution in [1.82, 2.24) is 35.5 Å². The lowest BCUT2D eigenvalue weighted by Crippen LogP contribution is -2.24. The number of rotatable bonds is 8. The van der Waals surface area contributed by atoms with Gasteiger partial charge in [0.15, 0.2) is 11.6 Å². The molecular weight excluding hydrogens is 453 g/mol. The first-order valence-electron chi connectivity index (χ1n) is 11.6. The molecule has 0 aliphatic heterocycles. The normalized spacial score (nSPS) is 17.7. The minimum Gasteiger partial charge on any atom is -0.494 e. The van der Waals surface area contributed by atoms with E-state index in [1.807, 2.05) is 0 Å². The van der Waals surface area contributed by atoms with Crippen LogP contribution in [0.15, 0.2) is 24.3 Å². The number of tetrazole rings is 1. The number of carbonyl (C=O) groups excluding carboxylic acids is 2. The first-order valence-corrected chi connectivity index (χ1v) is 11.6. The fourth-order valence-corrected chi connectivity index (χ4v) is 4.29. The fraction of sp³-hybridized carbons (Fsp3) is 0.458. The Kier molecular flexibility index (Phi) is 7.42. The van der Waals surface area contributed by atoms with Crippen LogP contribution in [0.5, 0.6) is 5.75 Å². The monoisotopic (exact) mass is 481 g/mol. The van der Waals surface area contributed by atoms with Gasteiger partial charge in [-0.3, -0.25) is 9.59 Å². The topological polar surface area (TPSA) is 125 Å². The number of hydrogen-bond donors (Lipinski definition) is 1. The summed E-state index contributed by atoms with van der Waals surface area (Å²) in [6, 6.07) is 5.91. The van der Waals surface area contributed by atoms with E-state index in [0.29, 0.717) is 35.4 Å². The van der Waals surface area contributed by atoms with Crippen LogP contribution >= 0.6 is 0 Å².